The zero-order valence-corrected chi connectivity index (χ0v) is 19.6. The third-order valence-corrected chi connectivity index (χ3v) is 6.37. The molecule has 0 radical (unpaired) electrons. The number of fused-ring (bicyclic) bond motifs is 1. The number of rotatable bonds is 8. The first-order valence-corrected chi connectivity index (χ1v) is 11.8. The van der Waals surface area contributed by atoms with Crippen LogP contribution in [0.5, 0.6) is 0 Å². The van der Waals surface area contributed by atoms with E-state index in [1.165, 1.54) is 0 Å². The highest BCUT2D eigenvalue weighted by molar-refractivity contribution is 5.90. The molecule has 1 saturated heterocycles. The van der Waals surface area contributed by atoms with E-state index in [9.17, 15) is 14.4 Å². The summed E-state index contributed by atoms with van der Waals surface area (Å²) in [5.74, 6) is 4.48. The normalized spacial score (nSPS) is 23.6. The lowest BCUT2D eigenvalue weighted by molar-refractivity contribution is -0.141. The quantitative estimate of drug-likeness (QED) is 0.239. The molecule has 2 aliphatic rings. The molecule has 0 N–H and O–H groups in total. The van der Waals surface area contributed by atoms with Gasteiger partial charge in [0.05, 0.1) is 17.5 Å². The Labute approximate surface area is 205 Å². The fourth-order valence-electron chi connectivity index (χ4n) is 4.64. The van der Waals surface area contributed by atoms with Gasteiger partial charge in [-0.3, -0.25) is 4.79 Å². The molecule has 6 nitrogen and oxygen atoms in total. The Hall–Kier alpha value is -3.85. The maximum Gasteiger partial charge on any atom is 0.338 e. The Kier molecular flexibility index (Phi) is 7.99. The SMILES string of the molecule is CC#CCC[C@@H](/C=C/[C@@H]1[C@H]2CC(=O)O[C@H]2C[C@H]1OC(=O)c1ccccc1)OC(=O)c1ccccc1. The number of hydrogen-bond acceptors (Lipinski definition) is 6. The summed E-state index contributed by atoms with van der Waals surface area (Å²) in [6.07, 6.45) is 4.32. The maximum absolute atomic E-state index is 12.7. The molecule has 6 heteroatoms. The Morgan fingerprint density at radius 3 is 2.37 bits per heavy atom. The van der Waals surface area contributed by atoms with E-state index in [0.717, 1.165) is 0 Å². The Morgan fingerprint density at radius 1 is 1.06 bits per heavy atom. The summed E-state index contributed by atoms with van der Waals surface area (Å²) >= 11 is 0. The van der Waals surface area contributed by atoms with Crippen molar-refractivity contribution in [1.29, 1.82) is 0 Å². The van der Waals surface area contributed by atoms with Crippen molar-refractivity contribution in [2.24, 2.45) is 11.8 Å². The number of esters is 3. The lowest BCUT2D eigenvalue weighted by Crippen LogP contribution is -2.25. The highest BCUT2D eigenvalue weighted by Crippen LogP contribution is 2.43. The van der Waals surface area contributed by atoms with E-state index < -0.39 is 24.1 Å². The second-order valence-electron chi connectivity index (χ2n) is 8.68. The van der Waals surface area contributed by atoms with Gasteiger partial charge in [0.2, 0.25) is 0 Å². The van der Waals surface area contributed by atoms with Crippen molar-refractivity contribution < 1.29 is 28.6 Å². The van der Waals surface area contributed by atoms with Gasteiger partial charge in [0.15, 0.2) is 0 Å². The minimum atomic E-state index is -0.508. The molecular formula is C29H28O6. The number of ether oxygens (including phenoxy) is 3. The van der Waals surface area contributed by atoms with Gasteiger partial charge in [0.1, 0.15) is 18.3 Å². The summed E-state index contributed by atoms with van der Waals surface area (Å²) in [7, 11) is 0. The van der Waals surface area contributed by atoms with Crippen molar-refractivity contribution in [3.8, 4) is 11.8 Å². The summed E-state index contributed by atoms with van der Waals surface area (Å²) in [4.78, 5) is 37.3. The van der Waals surface area contributed by atoms with Crippen molar-refractivity contribution in [3.05, 3.63) is 83.9 Å². The van der Waals surface area contributed by atoms with Crippen LogP contribution in [0.4, 0.5) is 0 Å². The molecule has 1 heterocycles. The van der Waals surface area contributed by atoms with Gasteiger partial charge in [-0.15, -0.1) is 11.8 Å². The second kappa shape index (κ2) is 11.5. The zero-order valence-electron chi connectivity index (χ0n) is 19.6. The number of carbonyl (C=O) groups is 3. The summed E-state index contributed by atoms with van der Waals surface area (Å²) in [6, 6.07) is 17.6. The van der Waals surface area contributed by atoms with Crippen LogP contribution in [0.15, 0.2) is 72.8 Å². The lowest BCUT2D eigenvalue weighted by atomic mass is 9.91. The van der Waals surface area contributed by atoms with Crippen LogP contribution in [-0.4, -0.2) is 36.2 Å². The van der Waals surface area contributed by atoms with Gasteiger partial charge in [0, 0.05) is 24.7 Å². The van der Waals surface area contributed by atoms with Gasteiger partial charge in [0.25, 0.3) is 0 Å². The topological polar surface area (TPSA) is 78.9 Å². The molecule has 2 aromatic carbocycles. The van der Waals surface area contributed by atoms with Crippen molar-refractivity contribution >= 4 is 17.9 Å². The monoisotopic (exact) mass is 472 g/mol. The zero-order chi connectivity index (χ0) is 24.6. The molecule has 0 unspecified atom stereocenters. The van der Waals surface area contributed by atoms with Crippen molar-refractivity contribution in [2.75, 3.05) is 0 Å². The molecular weight excluding hydrogens is 444 g/mol. The minimum Gasteiger partial charge on any atom is -0.462 e. The average Bonchev–Trinajstić information content (AvgIpc) is 3.38. The van der Waals surface area contributed by atoms with Crippen LogP contribution in [0.2, 0.25) is 0 Å². The van der Waals surface area contributed by atoms with Crippen molar-refractivity contribution in [3.63, 3.8) is 0 Å². The summed E-state index contributed by atoms with van der Waals surface area (Å²) in [6.45, 7) is 1.77. The molecule has 1 saturated carbocycles. The van der Waals surface area contributed by atoms with E-state index in [-0.39, 0.29) is 30.3 Å². The molecule has 5 atom stereocenters. The van der Waals surface area contributed by atoms with Crippen molar-refractivity contribution in [2.45, 2.75) is 50.9 Å². The van der Waals surface area contributed by atoms with Crippen LogP contribution in [-0.2, 0) is 19.0 Å². The molecule has 0 spiro atoms. The van der Waals surface area contributed by atoms with Gasteiger partial charge < -0.3 is 14.2 Å². The van der Waals surface area contributed by atoms with Crippen LogP contribution in [0.3, 0.4) is 0 Å². The standard InChI is InChI=1S/C29H28O6/c1-2-3-6-15-22(33-28(31)20-11-7-4-8-12-20)16-17-23-24-18-27(30)34-26(24)19-25(23)35-29(32)21-13-9-5-10-14-21/h4-5,7-14,16-17,22-26H,6,15,18-19H2,1H3/b17-16+/t22-,23+,24+,25+,26-/m0/s1. The molecule has 0 aromatic heterocycles. The molecule has 0 amide bonds. The van der Waals surface area contributed by atoms with Crippen LogP contribution >= 0.6 is 0 Å². The van der Waals surface area contributed by atoms with Gasteiger partial charge in [-0.1, -0.05) is 42.5 Å². The van der Waals surface area contributed by atoms with E-state index in [1.54, 1.807) is 55.5 Å². The Morgan fingerprint density at radius 2 is 1.71 bits per heavy atom. The van der Waals surface area contributed by atoms with E-state index in [1.807, 2.05) is 24.3 Å². The molecule has 180 valence electrons. The third-order valence-electron chi connectivity index (χ3n) is 6.37. The molecule has 2 aromatic rings. The maximum atomic E-state index is 12.7. The van der Waals surface area contributed by atoms with Crippen LogP contribution in [0, 0.1) is 23.7 Å². The molecule has 35 heavy (non-hydrogen) atoms. The van der Waals surface area contributed by atoms with Crippen molar-refractivity contribution in [1.82, 2.24) is 0 Å². The van der Waals surface area contributed by atoms with Gasteiger partial charge >= 0.3 is 17.9 Å². The summed E-state index contributed by atoms with van der Waals surface area (Å²) < 4.78 is 17.1. The summed E-state index contributed by atoms with van der Waals surface area (Å²) in [5.41, 5.74) is 0.940. The first kappa shape index (κ1) is 24.3. The highest BCUT2D eigenvalue weighted by Gasteiger charge is 2.50. The first-order valence-electron chi connectivity index (χ1n) is 11.8. The van der Waals surface area contributed by atoms with E-state index in [0.29, 0.717) is 30.4 Å². The van der Waals surface area contributed by atoms with Crippen LogP contribution < -0.4 is 0 Å². The smallest absolute Gasteiger partial charge is 0.338 e. The fraction of sp³-hybridized carbons (Fsp3) is 0.345. The minimum absolute atomic E-state index is 0.0896. The third kappa shape index (κ3) is 6.19. The molecule has 1 aliphatic carbocycles. The Balaban J connectivity index is 1.51. The van der Waals surface area contributed by atoms with Gasteiger partial charge in [-0.2, -0.15) is 0 Å². The Bertz CT molecular complexity index is 1130. The molecule has 4 rings (SSSR count). The van der Waals surface area contributed by atoms with E-state index in [2.05, 4.69) is 11.8 Å². The summed E-state index contributed by atoms with van der Waals surface area (Å²) in [5, 5.41) is 0. The van der Waals surface area contributed by atoms with Crippen LogP contribution in [0.25, 0.3) is 0 Å². The number of benzene rings is 2. The van der Waals surface area contributed by atoms with Crippen LogP contribution in [0.1, 0.15) is 53.3 Å². The first-order chi connectivity index (χ1) is 17.0. The molecule has 2 fully saturated rings. The van der Waals surface area contributed by atoms with E-state index in [4.69, 9.17) is 14.2 Å². The fourth-order valence-corrected chi connectivity index (χ4v) is 4.64. The largest absolute Gasteiger partial charge is 0.462 e. The average molecular weight is 473 g/mol. The highest BCUT2D eigenvalue weighted by atomic mass is 16.6. The van der Waals surface area contributed by atoms with Gasteiger partial charge in [-0.25, -0.2) is 9.59 Å². The van der Waals surface area contributed by atoms with Gasteiger partial charge in [-0.05, 0) is 43.7 Å². The molecule has 0 bridgehead atoms. The second-order valence-corrected chi connectivity index (χ2v) is 8.68. The number of hydrogen-bond donors (Lipinski definition) is 0. The van der Waals surface area contributed by atoms with E-state index >= 15 is 0 Å². The predicted octanol–water partition coefficient (Wildman–Crippen LogP) is 4.75. The number of carbonyl (C=O) groups excluding carboxylic acids is 3. The molecule has 1 aliphatic heterocycles. The lowest BCUT2D eigenvalue weighted by Gasteiger charge is -2.21. The predicted molar refractivity (Wildman–Crippen MR) is 129 cm³/mol.